The number of carboxylic acid groups (broad SMARTS) is 1. The lowest BCUT2D eigenvalue weighted by molar-refractivity contribution is 0.0683. The van der Waals surface area contributed by atoms with Crippen LogP contribution in [0.1, 0.15) is 47.3 Å². The van der Waals surface area contributed by atoms with Crippen molar-refractivity contribution in [2.24, 2.45) is 0 Å². The molecule has 0 aliphatic rings. The van der Waals surface area contributed by atoms with Crippen molar-refractivity contribution in [3.8, 4) is 5.69 Å². The Hall–Kier alpha value is -1.69. The number of carboxylic acids is 1. The lowest BCUT2D eigenvalue weighted by Crippen LogP contribution is -2.08. The Morgan fingerprint density at radius 2 is 1.85 bits per heavy atom. The molecule has 20 heavy (non-hydrogen) atoms. The van der Waals surface area contributed by atoms with Gasteiger partial charge < -0.3 is 5.11 Å². The van der Waals surface area contributed by atoms with Crippen molar-refractivity contribution in [3.05, 3.63) is 39.4 Å². The van der Waals surface area contributed by atoms with Gasteiger partial charge >= 0.3 is 5.97 Å². The van der Waals surface area contributed by atoms with Gasteiger partial charge in [0.15, 0.2) is 0 Å². The zero-order chi connectivity index (χ0) is 15.0. The normalized spacial score (nSPS) is 11.1. The molecule has 2 aromatic rings. The van der Waals surface area contributed by atoms with Gasteiger partial charge in [0.2, 0.25) is 0 Å². The molecule has 0 bridgehead atoms. The van der Waals surface area contributed by atoms with Gasteiger partial charge in [-0.1, -0.05) is 29.8 Å². The van der Waals surface area contributed by atoms with Crippen LogP contribution in [0, 0.1) is 13.8 Å². The first-order valence-corrected chi connectivity index (χ1v) is 7.08. The molecule has 1 aromatic carbocycles. The number of hydrogen-bond acceptors (Lipinski definition) is 3. The van der Waals surface area contributed by atoms with E-state index < -0.39 is 5.97 Å². The summed E-state index contributed by atoms with van der Waals surface area (Å²) in [6, 6.07) is 3.96. The van der Waals surface area contributed by atoms with Crippen LogP contribution in [0.5, 0.6) is 0 Å². The van der Waals surface area contributed by atoms with Gasteiger partial charge in [-0.3, -0.25) is 0 Å². The van der Waals surface area contributed by atoms with E-state index in [1.54, 1.807) is 4.68 Å². The molecular weight excluding hydrogens is 322 g/mol. The van der Waals surface area contributed by atoms with E-state index in [1.165, 1.54) is 0 Å². The van der Waals surface area contributed by atoms with Crippen LogP contribution in [0.3, 0.4) is 0 Å². The molecule has 0 atom stereocenters. The SMILES string of the molecule is Cc1cc(Br)cc(C)c1-n1nc(C(=O)O)nc1C(C)C. The molecule has 0 radical (unpaired) electrons. The second kappa shape index (κ2) is 5.36. The number of aromatic nitrogens is 3. The van der Waals surface area contributed by atoms with Gasteiger partial charge in [0.1, 0.15) is 5.82 Å². The van der Waals surface area contributed by atoms with Crippen molar-refractivity contribution in [1.29, 1.82) is 0 Å². The predicted octanol–water partition coefficient (Wildman–Crippen LogP) is 3.47. The van der Waals surface area contributed by atoms with Gasteiger partial charge in [-0.15, -0.1) is 5.10 Å². The summed E-state index contributed by atoms with van der Waals surface area (Å²) < 4.78 is 2.63. The zero-order valence-corrected chi connectivity index (χ0v) is 13.4. The molecule has 5 nitrogen and oxygen atoms in total. The van der Waals surface area contributed by atoms with Crippen LogP contribution in [0.4, 0.5) is 0 Å². The van der Waals surface area contributed by atoms with Crippen molar-refractivity contribution in [1.82, 2.24) is 14.8 Å². The Labute approximate surface area is 125 Å². The van der Waals surface area contributed by atoms with E-state index in [9.17, 15) is 4.79 Å². The fourth-order valence-corrected chi connectivity index (χ4v) is 2.88. The first-order chi connectivity index (χ1) is 9.31. The number of benzene rings is 1. The second-order valence-corrected chi connectivity index (χ2v) is 5.97. The number of aryl methyl sites for hydroxylation is 2. The van der Waals surface area contributed by atoms with Gasteiger partial charge in [-0.25, -0.2) is 14.5 Å². The van der Waals surface area contributed by atoms with Crippen molar-refractivity contribution in [2.75, 3.05) is 0 Å². The highest BCUT2D eigenvalue weighted by atomic mass is 79.9. The minimum Gasteiger partial charge on any atom is -0.475 e. The third kappa shape index (κ3) is 2.60. The fourth-order valence-electron chi connectivity index (χ4n) is 2.19. The highest BCUT2D eigenvalue weighted by molar-refractivity contribution is 9.10. The molecule has 0 aliphatic heterocycles. The third-order valence-corrected chi connectivity index (χ3v) is 3.47. The summed E-state index contributed by atoms with van der Waals surface area (Å²) in [5.74, 6) is -0.553. The smallest absolute Gasteiger partial charge is 0.375 e. The topological polar surface area (TPSA) is 68.0 Å². The summed E-state index contributed by atoms with van der Waals surface area (Å²) in [4.78, 5) is 15.2. The van der Waals surface area contributed by atoms with Crippen LogP contribution in [0.15, 0.2) is 16.6 Å². The molecule has 0 spiro atoms. The van der Waals surface area contributed by atoms with Gasteiger partial charge in [-0.05, 0) is 37.1 Å². The largest absolute Gasteiger partial charge is 0.475 e. The Morgan fingerprint density at radius 3 is 2.30 bits per heavy atom. The molecule has 106 valence electrons. The quantitative estimate of drug-likeness (QED) is 0.930. The van der Waals surface area contributed by atoms with E-state index >= 15 is 0 Å². The first-order valence-electron chi connectivity index (χ1n) is 6.28. The van der Waals surface area contributed by atoms with Crippen LogP contribution in [-0.2, 0) is 0 Å². The summed E-state index contributed by atoms with van der Waals surface area (Å²) in [6.45, 7) is 7.88. The standard InChI is InChI=1S/C14H16BrN3O2/c1-7(2)13-16-12(14(19)20)17-18(13)11-8(3)5-10(15)6-9(11)4/h5-7H,1-4H3,(H,19,20). The van der Waals surface area contributed by atoms with Crippen LogP contribution in [-0.4, -0.2) is 25.8 Å². The summed E-state index contributed by atoms with van der Waals surface area (Å²) in [5.41, 5.74) is 2.91. The Bertz CT molecular complexity index is 654. The fraction of sp³-hybridized carbons (Fsp3) is 0.357. The maximum Gasteiger partial charge on any atom is 0.375 e. The Kier molecular flexibility index (Phi) is 3.94. The summed E-state index contributed by atoms with van der Waals surface area (Å²) in [5, 5.41) is 13.2. The van der Waals surface area contributed by atoms with Crippen LogP contribution < -0.4 is 0 Å². The van der Waals surface area contributed by atoms with Crippen LogP contribution in [0.25, 0.3) is 5.69 Å². The van der Waals surface area contributed by atoms with Crippen molar-refractivity contribution in [3.63, 3.8) is 0 Å². The van der Waals surface area contributed by atoms with Crippen LogP contribution in [0.2, 0.25) is 0 Å². The molecule has 0 fully saturated rings. The number of aromatic carboxylic acids is 1. The van der Waals surface area contributed by atoms with E-state index in [1.807, 2.05) is 39.8 Å². The second-order valence-electron chi connectivity index (χ2n) is 5.05. The average molecular weight is 338 g/mol. The maximum atomic E-state index is 11.1. The van der Waals surface area contributed by atoms with Gasteiger partial charge in [0.05, 0.1) is 5.69 Å². The summed E-state index contributed by atoms with van der Waals surface area (Å²) in [6.07, 6.45) is 0. The van der Waals surface area contributed by atoms with E-state index in [-0.39, 0.29) is 11.7 Å². The van der Waals surface area contributed by atoms with Crippen molar-refractivity contribution < 1.29 is 9.90 Å². The Balaban J connectivity index is 2.72. The molecule has 6 heteroatoms. The predicted molar refractivity (Wildman–Crippen MR) is 79.6 cm³/mol. The number of hydrogen-bond donors (Lipinski definition) is 1. The van der Waals surface area contributed by atoms with E-state index in [4.69, 9.17) is 5.11 Å². The molecular formula is C14H16BrN3O2. The van der Waals surface area contributed by atoms with E-state index in [2.05, 4.69) is 26.0 Å². The molecule has 1 N–H and O–H groups in total. The molecule has 0 amide bonds. The van der Waals surface area contributed by atoms with Crippen LogP contribution >= 0.6 is 15.9 Å². The summed E-state index contributed by atoms with van der Waals surface area (Å²) >= 11 is 3.46. The van der Waals surface area contributed by atoms with Gasteiger partial charge in [-0.2, -0.15) is 0 Å². The summed E-state index contributed by atoms with van der Waals surface area (Å²) in [7, 11) is 0. The number of halogens is 1. The molecule has 1 heterocycles. The maximum absolute atomic E-state index is 11.1. The lowest BCUT2D eigenvalue weighted by Gasteiger charge is -2.14. The van der Waals surface area contributed by atoms with Gasteiger partial charge in [0.25, 0.3) is 5.82 Å². The number of nitrogens with zero attached hydrogens (tertiary/aromatic N) is 3. The average Bonchev–Trinajstić information content (AvgIpc) is 2.72. The van der Waals surface area contributed by atoms with Crippen molar-refractivity contribution >= 4 is 21.9 Å². The van der Waals surface area contributed by atoms with E-state index in [0.717, 1.165) is 21.3 Å². The number of rotatable bonds is 3. The highest BCUT2D eigenvalue weighted by Crippen LogP contribution is 2.26. The van der Waals surface area contributed by atoms with E-state index in [0.29, 0.717) is 5.82 Å². The zero-order valence-electron chi connectivity index (χ0n) is 11.8. The molecule has 2 rings (SSSR count). The third-order valence-electron chi connectivity index (χ3n) is 3.01. The van der Waals surface area contributed by atoms with Crippen molar-refractivity contribution in [2.45, 2.75) is 33.6 Å². The minimum absolute atomic E-state index is 0.0815. The Morgan fingerprint density at radius 1 is 1.30 bits per heavy atom. The molecule has 0 unspecified atom stereocenters. The lowest BCUT2D eigenvalue weighted by atomic mass is 10.1. The molecule has 0 aliphatic carbocycles. The minimum atomic E-state index is -1.11. The number of carbonyl (C=O) groups is 1. The highest BCUT2D eigenvalue weighted by Gasteiger charge is 2.20. The molecule has 1 aromatic heterocycles. The van der Waals surface area contributed by atoms with Gasteiger partial charge in [0, 0.05) is 10.4 Å². The monoisotopic (exact) mass is 337 g/mol. The molecule has 0 saturated carbocycles. The molecule has 0 saturated heterocycles. The first kappa shape index (κ1) is 14.7.